The van der Waals surface area contributed by atoms with E-state index in [4.69, 9.17) is 0 Å². The molecule has 2 heterocycles. The highest BCUT2D eigenvalue weighted by Gasteiger charge is 2.13. The van der Waals surface area contributed by atoms with Crippen LogP contribution in [0.2, 0.25) is 0 Å². The summed E-state index contributed by atoms with van der Waals surface area (Å²) in [5, 5.41) is 10.2. The molecule has 0 aliphatic carbocycles. The van der Waals surface area contributed by atoms with Crippen molar-refractivity contribution in [3.63, 3.8) is 0 Å². The minimum absolute atomic E-state index is 0.653. The van der Waals surface area contributed by atoms with Gasteiger partial charge in [0.05, 0.1) is 0 Å². The van der Waals surface area contributed by atoms with Gasteiger partial charge in [0.2, 0.25) is 5.95 Å². The van der Waals surface area contributed by atoms with Gasteiger partial charge in [0.1, 0.15) is 5.82 Å². The summed E-state index contributed by atoms with van der Waals surface area (Å²) in [5.74, 6) is 2.23. The first-order chi connectivity index (χ1) is 11.3. The van der Waals surface area contributed by atoms with Gasteiger partial charge < -0.3 is 16.0 Å². The number of nitrogens with zero attached hydrogens (tertiary/aromatic N) is 2. The second kappa shape index (κ2) is 7.92. The molecule has 1 aliphatic heterocycles. The average Bonchev–Trinajstić information content (AvgIpc) is 2.61. The van der Waals surface area contributed by atoms with Crippen LogP contribution in [0.5, 0.6) is 0 Å². The molecule has 0 bridgehead atoms. The number of nitrogens with one attached hydrogen (secondary N) is 3. The lowest BCUT2D eigenvalue weighted by atomic mass is 10.00. The summed E-state index contributed by atoms with van der Waals surface area (Å²) >= 11 is 0. The van der Waals surface area contributed by atoms with Crippen molar-refractivity contribution in [1.82, 2.24) is 15.3 Å². The number of hydrogen-bond donors (Lipinski definition) is 3. The summed E-state index contributed by atoms with van der Waals surface area (Å²) in [7, 11) is 0. The summed E-state index contributed by atoms with van der Waals surface area (Å²) in [5.41, 5.74) is 2.05. The molecule has 1 aromatic heterocycles. The molecule has 0 amide bonds. The Hall–Kier alpha value is -2.14. The first-order valence-corrected chi connectivity index (χ1v) is 8.48. The molecule has 1 fully saturated rings. The van der Waals surface area contributed by atoms with Crippen LogP contribution in [0.1, 0.15) is 25.5 Å². The van der Waals surface area contributed by atoms with E-state index in [-0.39, 0.29) is 0 Å². The lowest BCUT2D eigenvalue weighted by Crippen LogP contribution is -2.33. The van der Waals surface area contributed by atoms with E-state index in [9.17, 15) is 0 Å². The monoisotopic (exact) mass is 311 g/mol. The molecule has 1 unspecified atom stereocenters. The zero-order chi connectivity index (χ0) is 15.9. The molecule has 1 atom stereocenters. The smallest absolute Gasteiger partial charge is 0.229 e. The van der Waals surface area contributed by atoms with Crippen molar-refractivity contribution in [2.75, 3.05) is 30.3 Å². The van der Waals surface area contributed by atoms with Crippen LogP contribution in [0.25, 0.3) is 0 Å². The van der Waals surface area contributed by atoms with Crippen LogP contribution in [0.3, 0.4) is 0 Å². The molecule has 3 N–H and O–H groups in total. The standard InChI is InChI=1S/C18H25N5/c1-2-15-11-17(20-13-14-7-6-10-19-12-14)23-18(21-15)22-16-8-4-3-5-9-16/h3-5,8-9,11,14,19H,2,6-7,10,12-13H2,1H3,(H2,20,21,22,23). The Morgan fingerprint density at radius 1 is 1.22 bits per heavy atom. The molecule has 0 radical (unpaired) electrons. The van der Waals surface area contributed by atoms with Crippen LogP contribution in [-0.4, -0.2) is 29.6 Å². The summed E-state index contributed by atoms with van der Waals surface area (Å²) in [6, 6.07) is 12.1. The lowest BCUT2D eigenvalue weighted by molar-refractivity contribution is 0.392. The van der Waals surface area contributed by atoms with Gasteiger partial charge in [-0.1, -0.05) is 25.1 Å². The van der Waals surface area contributed by atoms with Crippen LogP contribution in [0, 0.1) is 5.92 Å². The fourth-order valence-corrected chi connectivity index (χ4v) is 2.82. The molecule has 5 heteroatoms. The fraction of sp³-hybridized carbons (Fsp3) is 0.444. The highest BCUT2D eigenvalue weighted by Crippen LogP contribution is 2.17. The van der Waals surface area contributed by atoms with E-state index >= 15 is 0 Å². The van der Waals surface area contributed by atoms with Gasteiger partial charge in [0, 0.05) is 24.0 Å². The molecule has 1 aliphatic rings. The Balaban J connectivity index is 1.68. The van der Waals surface area contributed by atoms with E-state index < -0.39 is 0 Å². The topological polar surface area (TPSA) is 61.9 Å². The van der Waals surface area contributed by atoms with Crippen molar-refractivity contribution >= 4 is 17.5 Å². The highest BCUT2D eigenvalue weighted by atomic mass is 15.1. The van der Waals surface area contributed by atoms with Crippen LogP contribution < -0.4 is 16.0 Å². The van der Waals surface area contributed by atoms with Gasteiger partial charge in [0.15, 0.2) is 0 Å². The Morgan fingerprint density at radius 3 is 2.83 bits per heavy atom. The third-order valence-corrected chi connectivity index (χ3v) is 4.14. The van der Waals surface area contributed by atoms with E-state index in [0.29, 0.717) is 11.9 Å². The maximum atomic E-state index is 4.61. The number of benzene rings is 1. The van der Waals surface area contributed by atoms with Gasteiger partial charge in [-0.3, -0.25) is 0 Å². The van der Waals surface area contributed by atoms with Gasteiger partial charge in [-0.25, -0.2) is 4.98 Å². The molecular weight excluding hydrogens is 286 g/mol. The molecule has 0 saturated carbocycles. The van der Waals surface area contributed by atoms with Gasteiger partial charge >= 0.3 is 0 Å². The number of aromatic nitrogens is 2. The van der Waals surface area contributed by atoms with Gasteiger partial charge in [-0.05, 0) is 50.4 Å². The van der Waals surface area contributed by atoms with Crippen molar-refractivity contribution in [3.8, 4) is 0 Å². The maximum absolute atomic E-state index is 4.61. The zero-order valence-corrected chi connectivity index (χ0v) is 13.7. The Labute approximate surface area is 137 Å². The largest absolute Gasteiger partial charge is 0.370 e. The van der Waals surface area contributed by atoms with E-state index in [1.54, 1.807) is 0 Å². The van der Waals surface area contributed by atoms with Gasteiger partial charge in [0.25, 0.3) is 0 Å². The minimum atomic E-state index is 0.653. The third kappa shape index (κ3) is 4.66. The molecule has 1 saturated heterocycles. The molecule has 23 heavy (non-hydrogen) atoms. The van der Waals surface area contributed by atoms with E-state index in [2.05, 4.69) is 32.8 Å². The summed E-state index contributed by atoms with van der Waals surface area (Å²) < 4.78 is 0. The summed E-state index contributed by atoms with van der Waals surface area (Å²) in [6.07, 6.45) is 3.43. The Bertz CT molecular complexity index is 608. The average molecular weight is 311 g/mol. The van der Waals surface area contributed by atoms with Gasteiger partial charge in [-0.15, -0.1) is 0 Å². The van der Waals surface area contributed by atoms with E-state index in [1.165, 1.54) is 12.8 Å². The quantitative estimate of drug-likeness (QED) is 0.765. The van der Waals surface area contributed by atoms with E-state index in [0.717, 1.165) is 43.3 Å². The number of hydrogen-bond acceptors (Lipinski definition) is 5. The van der Waals surface area contributed by atoms with Crippen LogP contribution >= 0.6 is 0 Å². The summed E-state index contributed by atoms with van der Waals surface area (Å²) in [6.45, 7) is 5.31. The third-order valence-electron chi connectivity index (χ3n) is 4.14. The molecular formula is C18H25N5. The van der Waals surface area contributed by atoms with E-state index in [1.807, 2.05) is 36.4 Å². The molecule has 2 aromatic rings. The molecule has 122 valence electrons. The molecule has 0 spiro atoms. The normalized spacial score (nSPS) is 17.7. The van der Waals surface area contributed by atoms with Crippen molar-refractivity contribution < 1.29 is 0 Å². The number of anilines is 3. The van der Waals surface area contributed by atoms with Crippen molar-refractivity contribution in [2.45, 2.75) is 26.2 Å². The second-order valence-electron chi connectivity index (χ2n) is 6.01. The predicted octanol–water partition coefficient (Wildman–Crippen LogP) is 3.19. The fourth-order valence-electron chi connectivity index (χ4n) is 2.82. The molecule has 3 rings (SSSR count). The summed E-state index contributed by atoms with van der Waals surface area (Å²) in [4.78, 5) is 9.17. The van der Waals surface area contributed by atoms with Crippen molar-refractivity contribution in [3.05, 3.63) is 42.1 Å². The number of rotatable bonds is 6. The van der Waals surface area contributed by atoms with Crippen LogP contribution in [0.15, 0.2) is 36.4 Å². The predicted molar refractivity (Wildman–Crippen MR) is 95.2 cm³/mol. The molecule has 1 aromatic carbocycles. The van der Waals surface area contributed by atoms with Crippen LogP contribution in [0.4, 0.5) is 17.5 Å². The van der Waals surface area contributed by atoms with Crippen molar-refractivity contribution in [1.29, 1.82) is 0 Å². The highest BCUT2D eigenvalue weighted by molar-refractivity contribution is 5.55. The minimum Gasteiger partial charge on any atom is -0.370 e. The Kier molecular flexibility index (Phi) is 5.42. The second-order valence-corrected chi connectivity index (χ2v) is 6.01. The molecule has 5 nitrogen and oxygen atoms in total. The first-order valence-electron chi connectivity index (χ1n) is 8.48. The number of para-hydroxylation sites is 1. The number of piperidine rings is 1. The van der Waals surface area contributed by atoms with Crippen LogP contribution in [-0.2, 0) is 6.42 Å². The first kappa shape index (κ1) is 15.7. The lowest BCUT2D eigenvalue weighted by Gasteiger charge is -2.23. The SMILES string of the molecule is CCc1cc(NCC2CCCNC2)nc(Nc2ccccc2)n1. The number of aryl methyl sites for hydroxylation is 1. The zero-order valence-electron chi connectivity index (χ0n) is 13.7. The maximum Gasteiger partial charge on any atom is 0.229 e. The Morgan fingerprint density at radius 2 is 2.09 bits per heavy atom. The van der Waals surface area contributed by atoms with Crippen molar-refractivity contribution in [2.24, 2.45) is 5.92 Å². The van der Waals surface area contributed by atoms with Gasteiger partial charge in [-0.2, -0.15) is 4.98 Å².